The zero-order valence-corrected chi connectivity index (χ0v) is 14.5. The number of halogens is 2. The Balaban J connectivity index is 1.72. The topological polar surface area (TPSA) is 45.5 Å². The Labute approximate surface area is 149 Å². The minimum absolute atomic E-state index is 0.0583. The van der Waals surface area contributed by atoms with E-state index in [1.807, 2.05) is 11.5 Å². The number of aromatic nitrogens is 1. The van der Waals surface area contributed by atoms with E-state index >= 15 is 0 Å². The second-order valence-electron chi connectivity index (χ2n) is 7.02. The van der Waals surface area contributed by atoms with Crippen molar-refractivity contribution in [2.24, 2.45) is 0 Å². The number of amides is 1. The van der Waals surface area contributed by atoms with E-state index in [4.69, 9.17) is 0 Å². The summed E-state index contributed by atoms with van der Waals surface area (Å²) < 4.78 is 29.3. The van der Waals surface area contributed by atoms with Crippen LogP contribution in [0.15, 0.2) is 36.4 Å². The molecule has 0 aliphatic carbocycles. The Morgan fingerprint density at radius 3 is 2.15 bits per heavy atom. The van der Waals surface area contributed by atoms with Crippen molar-refractivity contribution in [3.05, 3.63) is 48.0 Å². The van der Waals surface area contributed by atoms with Crippen molar-refractivity contribution in [1.82, 2.24) is 9.47 Å². The van der Waals surface area contributed by atoms with Gasteiger partial charge in [-0.2, -0.15) is 0 Å². The molecular formula is C20H20F2N2O2. The van der Waals surface area contributed by atoms with Crippen molar-refractivity contribution >= 4 is 27.7 Å². The molecule has 0 spiro atoms. The molecule has 2 atom stereocenters. The smallest absolute Gasteiger partial charge is 0.222 e. The monoisotopic (exact) mass is 358 g/mol. The summed E-state index contributed by atoms with van der Waals surface area (Å²) >= 11 is 0. The highest BCUT2D eigenvalue weighted by Crippen LogP contribution is 2.30. The van der Waals surface area contributed by atoms with E-state index in [0.717, 1.165) is 17.5 Å². The molecule has 1 aliphatic rings. The Bertz CT molecular complexity index is 939. The zero-order chi connectivity index (χ0) is 18.4. The van der Waals surface area contributed by atoms with Gasteiger partial charge in [0.15, 0.2) is 0 Å². The van der Waals surface area contributed by atoms with Gasteiger partial charge < -0.3 is 14.6 Å². The summed E-state index contributed by atoms with van der Waals surface area (Å²) in [7, 11) is 0. The molecule has 2 heterocycles. The number of benzene rings is 2. The number of likely N-dealkylation sites (tertiary alicyclic amines) is 1. The van der Waals surface area contributed by atoms with Gasteiger partial charge in [0.05, 0.1) is 12.6 Å². The van der Waals surface area contributed by atoms with Gasteiger partial charge in [-0.1, -0.05) is 0 Å². The Hall–Kier alpha value is -2.47. The van der Waals surface area contributed by atoms with Gasteiger partial charge in [0.25, 0.3) is 0 Å². The number of rotatable bonds is 4. The molecule has 4 nitrogen and oxygen atoms in total. The van der Waals surface area contributed by atoms with Crippen molar-refractivity contribution in [2.45, 2.75) is 38.5 Å². The third-order valence-corrected chi connectivity index (χ3v) is 5.22. The standard InChI is InChI=1S/C20H20F2N2O2/c1-12-2-7-20(26)23(12)10-15(25)11-24-18-5-3-13(21)8-16(18)17-9-14(22)4-6-19(17)24/h3-6,8-9,12,15,25H,2,7,10-11H2,1H3/t12-,15-/m1/s1. The van der Waals surface area contributed by atoms with E-state index in [-0.39, 0.29) is 25.0 Å². The number of carbonyl (C=O) groups is 1. The summed E-state index contributed by atoms with van der Waals surface area (Å²) in [5.74, 6) is -0.724. The molecule has 1 aromatic heterocycles. The summed E-state index contributed by atoms with van der Waals surface area (Å²) in [4.78, 5) is 13.7. The Morgan fingerprint density at radius 2 is 1.65 bits per heavy atom. The average Bonchev–Trinajstić information content (AvgIpc) is 3.07. The molecule has 0 unspecified atom stereocenters. The number of hydrogen-bond acceptors (Lipinski definition) is 2. The molecule has 1 saturated heterocycles. The largest absolute Gasteiger partial charge is 0.389 e. The summed E-state index contributed by atoms with van der Waals surface area (Å²) in [6, 6.07) is 8.87. The maximum atomic E-state index is 13.7. The van der Waals surface area contributed by atoms with Gasteiger partial charge in [-0.25, -0.2) is 8.78 Å². The second kappa shape index (κ2) is 6.36. The first-order chi connectivity index (χ1) is 12.4. The number of nitrogens with zero attached hydrogens (tertiary/aromatic N) is 2. The van der Waals surface area contributed by atoms with E-state index in [1.54, 1.807) is 17.0 Å². The van der Waals surface area contributed by atoms with Crippen molar-refractivity contribution < 1.29 is 18.7 Å². The van der Waals surface area contributed by atoms with Crippen LogP contribution in [0.25, 0.3) is 21.8 Å². The quantitative estimate of drug-likeness (QED) is 0.777. The molecule has 1 fully saturated rings. The third-order valence-electron chi connectivity index (χ3n) is 5.22. The number of β-amino-alcohol motifs (C(OH)–C–C–N with tert-alkyl or cyclic N) is 1. The lowest BCUT2D eigenvalue weighted by Crippen LogP contribution is -2.39. The van der Waals surface area contributed by atoms with Gasteiger partial charge in [0.2, 0.25) is 5.91 Å². The maximum absolute atomic E-state index is 13.7. The van der Waals surface area contributed by atoms with Crippen LogP contribution < -0.4 is 0 Å². The van der Waals surface area contributed by atoms with Gasteiger partial charge in [-0.05, 0) is 49.7 Å². The first kappa shape index (κ1) is 17.0. The third kappa shape index (κ3) is 2.84. The SMILES string of the molecule is C[C@@H]1CCC(=O)N1C[C@@H](O)Cn1c2ccc(F)cc2c2cc(F)ccc21. The van der Waals surface area contributed by atoms with Crippen LogP contribution in [0.4, 0.5) is 8.78 Å². The van der Waals surface area contributed by atoms with Crippen LogP contribution in [0, 0.1) is 11.6 Å². The predicted molar refractivity (Wildman–Crippen MR) is 95.8 cm³/mol. The molecule has 3 aromatic rings. The van der Waals surface area contributed by atoms with Crippen molar-refractivity contribution in [2.75, 3.05) is 6.54 Å². The highest BCUT2D eigenvalue weighted by Gasteiger charge is 2.29. The van der Waals surface area contributed by atoms with Gasteiger partial charge in [-0.3, -0.25) is 4.79 Å². The van der Waals surface area contributed by atoms with E-state index in [0.29, 0.717) is 17.2 Å². The number of aliphatic hydroxyl groups is 1. The highest BCUT2D eigenvalue weighted by molar-refractivity contribution is 6.08. The minimum atomic E-state index is -0.770. The minimum Gasteiger partial charge on any atom is -0.389 e. The van der Waals surface area contributed by atoms with Crippen molar-refractivity contribution in [3.63, 3.8) is 0 Å². The van der Waals surface area contributed by atoms with E-state index in [9.17, 15) is 18.7 Å². The van der Waals surface area contributed by atoms with Crippen LogP contribution in [0.5, 0.6) is 0 Å². The van der Waals surface area contributed by atoms with Crippen LogP contribution >= 0.6 is 0 Å². The van der Waals surface area contributed by atoms with Gasteiger partial charge in [0, 0.05) is 40.8 Å². The fourth-order valence-corrected chi connectivity index (χ4v) is 3.90. The first-order valence-corrected chi connectivity index (χ1v) is 8.78. The number of carbonyl (C=O) groups excluding carboxylic acids is 1. The number of fused-ring (bicyclic) bond motifs is 3. The van der Waals surface area contributed by atoms with Crippen LogP contribution in [0.3, 0.4) is 0 Å². The lowest BCUT2D eigenvalue weighted by molar-refractivity contribution is -0.130. The van der Waals surface area contributed by atoms with Gasteiger partial charge in [-0.15, -0.1) is 0 Å². The summed E-state index contributed by atoms with van der Waals surface area (Å²) in [5.41, 5.74) is 1.46. The van der Waals surface area contributed by atoms with E-state index < -0.39 is 17.7 Å². The normalized spacial score (nSPS) is 19.0. The van der Waals surface area contributed by atoms with Crippen molar-refractivity contribution in [3.8, 4) is 0 Å². The molecule has 0 saturated carbocycles. The van der Waals surface area contributed by atoms with Crippen LogP contribution in [-0.2, 0) is 11.3 Å². The molecule has 4 rings (SSSR count). The molecule has 1 aliphatic heterocycles. The Morgan fingerprint density at radius 1 is 1.08 bits per heavy atom. The van der Waals surface area contributed by atoms with E-state index in [2.05, 4.69) is 0 Å². The van der Waals surface area contributed by atoms with Gasteiger partial charge in [0.1, 0.15) is 11.6 Å². The molecule has 1 N–H and O–H groups in total. The summed E-state index contributed by atoms with van der Waals surface area (Å²) in [5, 5.41) is 11.8. The molecular weight excluding hydrogens is 338 g/mol. The molecule has 2 aromatic carbocycles. The lowest BCUT2D eigenvalue weighted by atomic mass is 10.1. The fourth-order valence-electron chi connectivity index (χ4n) is 3.90. The molecule has 6 heteroatoms. The zero-order valence-electron chi connectivity index (χ0n) is 14.5. The highest BCUT2D eigenvalue weighted by atomic mass is 19.1. The Kier molecular flexibility index (Phi) is 4.15. The molecule has 1 amide bonds. The summed E-state index contributed by atoms with van der Waals surface area (Å²) in [6.45, 7) is 2.47. The molecule has 0 radical (unpaired) electrons. The second-order valence-corrected chi connectivity index (χ2v) is 7.02. The van der Waals surface area contributed by atoms with E-state index in [1.165, 1.54) is 24.3 Å². The van der Waals surface area contributed by atoms with Crippen LogP contribution in [-0.4, -0.2) is 39.2 Å². The fraction of sp³-hybridized carbons (Fsp3) is 0.350. The molecule has 26 heavy (non-hydrogen) atoms. The maximum Gasteiger partial charge on any atom is 0.222 e. The average molecular weight is 358 g/mol. The lowest BCUT2D eigenvalue weighted by Gasteiger charge is -2.25. The van der Waals surface area contributed by atoms with Crippen LogP contribution in [0.1, 0.15) is 19.8 Å². The molecule has 0 bridgehead atoms. The number of aliphatic hydroxyl groups excluding tert-OH is 1. The van der Waals surface area contributed by atoms with Crippen molar-refractivity contribution in [1.29, 1.82) is 0 Å². The van der Waals surface area contributed by atoms with Gasteiger partial charge >= 0.3 is 0 Å². The predicted octanol–water partition coefficient (Wildman–Crippen LogP) is 3.44. The first-order valence-electron chi connectivity index (χ1n) is 8.78. The van der Waals surface area contributed by atoms with Crippen LogP contribution in [0.2, 0.25) is 0 Å². The summed E-state index contributed by atoms with van der Waals surface area (Å²) in [6.07, 6.45) is 0.551. The number of hydrogen-bond donors (Lipinski definition) is 1. The molecule has 136 valence electrons.